The van der Waals surface area contributed by atoms with Crippen molar-refractivity contribution in [2.75, 3.05) is 0 Å². The van der Waals surface area contributed by atoms with E-state index in [1.807, 2.05) is 24.3 Å². The quantitative estimate of drug-likeness (QED) is 0.506. The van der Waals surface area contributed by atoms with E-state index < -0.39 is 0 Å². The monoisotopic (exact) mass is 572 g/mol. The van der Waals surface area contributed by atoms with E-state index in [9.17, 15) is 10.2 Å². The van der Waals surface area contributed by atoms with Crippen LogP contribution in [0.3, 0.4) is 0 Å². The molecule has 2 nitrogen and oxygen atoms in total. The van der Waals surface area contributed by atoms with Crippen LogP contribution >= 0.6 is 0 Å². The summed E-state index contributed by atoms with van der Waals surface area (Å²) in [5.41, 5.74) is 5.08. The molecule has 186 valence electrons. The number of phenolic OH excluding ortho intramolecular Hbond substituents is 2. The minimum absolute atomic E-state index is 0. The molecule has 0 saturated heterocycles. The number of benzene rings is 2. The first-order valence-electron chi connectivity index (χ1n) is 10.9. The van der Waals surface area contributed by atoms with Gasteiger partial charge < -0.3 is 35.0 Å². The molecule has 5 heteroatoms. The van der Waals surface area contributed by atoms with Crippen LogP contribution in [-0.4, -0.2) is 10.2 Å². The Hall–Kier alpha value is -0.497. The number of phenols is 2. The topological polar surface area (TPSA) is 40.5 Å². The maximum atomic E-state index is 9.72. The van der Waals surface area contributed by atoms with Gasteiger partial charge in [0.15, 0.2) is 0 Å². The van der Waals surface area contributed by atoms with Gasteiger partial charge in [-0.05, 0) is 68.2 Å². The fraction of sp³-hybridized carbons (Fsp3) is 0.571. The maximum Gasteiger partial charge on any atom is 2.00 e. The van der Waals surface area contributed by atoms with Crippen LogP contribution in [-0.2, 0) is 47.9 Å². The van der Waals surface area contributed by atoms with Crippen LogP contribution < -0.4 is 24.8 Å². The van der Waals surface area contributed by atoms with E-state index >= 15 is 0 Å². The van der Waals surface area contributed by atoms with Crippen molar-refractivity contribution in [1.82, 2.24) is 0 Å². The van der Waals surface area contributed by atoms with Crippen LogP contribution in [0.25, 0.3) is 0 Å². The molecule has 0 spiro atoms. The number of halogens is 2. The number of aromatic hydroxyl groups is 2. The summed E-state index contributed by atoms with van der Waals surface area (Å²) >= 11 is 0. The van der Waals surface area contributed by atoms with Crippen LogP contribution in [0.5, 0.6) is 11.5 Å². The van der Waals surface area contributed by atoms with Crippen LogP contribution in [0.4, 0.5) is 0 Å². The van der Waals surface area contributed by atoms with Crippen LogP contribution in [0.2, 0.25) is 0 Å². The summed E-state index contributed by atoms with van der Waals surface area (Å²) < 4.78 is 0. The predicted octanol–water partition coefficient (Wildman–Crippen LogP) is 1.98. The zero-order valence-corrected chi connectivity index (χ0v) is 26.6. The molecule has 0 amide bonds. The average molecular weight is 575 g/mol. The van der Waals surface area contributed by atoms with E-state index in [4.69, 9.17) is 0 Å². The second-order valence-corrected chi connectivity index (χ2v) is 12.5. The molecule has 0 aliphatic heterocycles. The molecule has 0 saturated carbocycles. The van der Waals surface area contributed by atoms with Gasteiger partial charge in [0.2, 0.25) is 0 Å². The maximum absolute atomic E-state index is 9.72. The fourth-order valence-corrected chi connectivity index (χ4v) is 2.95. The van der Waals surface area contributed by atoms with Gasteiger partial charge in [0.1, 0.15) is 11.5 Å². The molecular formula is C28H44Cl2O2Zr. The fourth-order valence-electron chi connectivity index (χ4n) is 2.95. The summed E-state index contributed by atoms with van der Waals surface area (Å²) in [6, 6.07) is 11.8. The van der Waals surface area contributed by atoms with E-state index in [0.29, 0.717) is 11.5 Å². The molecule has 0 aliphatic rings. The Kier molecular flexibility index (Phi) is 14.6. The van der Waals surface area contributed by atoms with Crippen LogP contribution in [0.15, 0.2) is 36.4 Å². The third-order valence-corrected chi connectivity index (χ3v) is 5.30. The van der Waals surface area contributed by atoms with Gasteiger partial charge in [-0.3, -0.25) is 0 Å². The average Bonchev–Trinajstić information content (AvgIpc) is 2.51. The van der Waals surface area contributed by atoms with E-state index in [1.54, 1.807) is 0 Å². The summed E-state index contributed by atoms with van der Waals surface area (Å²) in [6.45, 7) is 25.9. The first-order chi connectivity index (χ1) is 13.2. The molecule has 2 N–H and O–H groups in total. The summed E-state index contributed by atoms with van der Waals surface area (Å²) in [7, 11) is 0. The Morgan fingerprint density at radius 3 is 0.667 bits per heavy atom. The van der Waals surface area contributed by atoms with Gasteiger partial charge in [0.25, 0.3) is 0 Å². The number of hydrogen-bond acceptors (Lipinski definition) is 2. The van der Waals surface area contributed by atoms with Crippen LogP contribution in [0, 0.1) is 0 Å². The first kappa shape index (κ1) is 37.1. The summed E-state index contributed by atoms with van der Waals surface area (Å²) in [4.78, 5) is 0. The Morgan fingerprint density at radius 2 is 0.545 bits per heavy atom. The second kappa shape index (κ2) is 13.0. The Morgan fingerprint density at radius 1 is 0.394 bits per heavy atom. The van der Waals surface area contributed by atoms with Gasteiger partial charge in [0.05, 0.1) is 0 Å². The normalized spacial score (nSPS) is 11.8. The summed E-state index contributed by atoms with van der Waals surface area (Å²) in [5.74, 6) is 0.736. The van der Waals surface area contributed by atoms with Gasteiger partial charge in [-0.25, -0.2) is 0 Å². The van der Waals surface area contributed by atoms with Crippen LogP contribution in [0.1, 0.15) is 105 Å². The minimum atomic E-state index is 0. The summed E-state index contributed by atoms with van der Waals surface area (Å²) in [6.07, 6.45) is 0. The van der Waals surface area contributed by atoms with E-state index in [-0.39, 0.29) is 72.7 Å². The van der Waals surface area contributed by atoms with Crippen molar-refractivity contribution in [2.45, 2.75) is 105 Å². The van der Waals surface area contributed by atoms with E-state index in [1.165, 1.54) is 22.3 Å². The molecule has 0 bridgehead atoms. The van der Waals surface area contributed by atoms with Gasteiger partial charge in [-0.1, -0.05) is 95.2 Å². The van der Waals surface area contributed by atoms with Crippen molar-refractivity contribution >= 4 is 0 Å². The molecule has 33 heavy (non-hydrogen) atoms. The molecular weight excluding hydrogens is 530 g/mol. The minimum Gasteiger partial charge on any atom is -1.00 e. The predicted molar refractivity (Wildman–Crippen MR) is 131 cm³/mol. The SMILES string of the molecule is CC(C)(C)c1cc(O)cc(C(C)(C)C)c1.CC(C)(C)c1cc(O)cc(C(C)(C)C)c1.[Cl-].[Cl-].[Zr+2]. The van der Waals surface area contributed by atoms with Crippen molar-refractivity contribution in [3.63, 3.8) is 0 Å². The molecule has 2 rings (SSSR count). The van der Waals surface area contributed by atoms with E-state index in [0.717, 1.165) is 0 Å². The number of rotatable bonds is 0. The van der Waals surface area contributed by atoms with Crippen molar-refractivity contribution in [1.29, 1.82) is 0 Å². The molecule has 0 unspecified atom stereocenters. The third-order valence-electron chi connectivity index (χ3n) is 5.30. The number of hydrogen-bond donors (Lipinski definition) is 2. The van der Waals surface area contributed by atoms with Gasteiger partial charge in [-0.2, -0.15) is 0 Å². The molecule has 0 aliphatic carbocycles. The smallest absolute Gasteiger partial charge is 1.00 e. The van der Waals surface area contributed by atoms with Crippen molar-refractivity contribution in [3.05, 3.63) is 58.7 Å². The summed E-state index contributed by atoms with van der Waals surface area (Å²) in [5, 5.41) is 19.4. The van der Waals surface area contributed by atoms with E-state index in [2.05, 4.69) is 95.2 Å². The van der Waals surface area contributed by atoms with Gasteiger partial charge in [0, 0.05) is 0 Å². The standard InChI is InChI=1S/2C14H22O.2ClH.Zr/c2*1-13(2,3)10-7-11(14(4,5)6)9-12(15)8-10;;;/h2*7-9,15H,1-6H3;2*1H;/q;;;;+2/p-2. The molecule has 0 aromatic heterocycles. The molecule has 2 aromatic rings. The molecule has 2 aromatic carbocycles. The van der Waals surface area contributed by atoms with Crippen molar-refractivity contribution in [3.8, 4) is 11.5 Å². The zero-order valence-electron chi connectivity index (χ0n) is 22.6. The molecule has 0 fully saturated rings. The largest absolute Gasteiger partial charge is 2.00 e. The Balaban J connectivity index is -0.000000500. The van der Waals surface area contributed by atoms with Gasteiger partial charge >= 0.3 is 26.2 Å². The molecule has 0 radical (unpaired) electrons. The first-order valence-corrected chi connectivity index (χ1v) is 10.9. The second-order valence-electron chi connectivity index (χ2n) is 12.5. The van der Waals surface area contributed by atoms with Crippen molar-refractivity contribution in [2.24, 2.45) is 0 Å². The van der Waals surface area contributed by atoms with Crippen molar-refractivity contribution < 1.29 is 61.2 Å². The Labute approximate surface area is 234 Å². The van der Waals surface area contributed by atoms with Gasteiger partial charge in [-0.15, -0.1) is 0 Å². The third kappa shape index (κ3) is 12.2. The Bertz CT molecular complexity index is 727. The zero-order chi connectivity index (χ0) is 23.7. The molecule has 0 atom stereocenters. The molecule has 0 heterocycles.